The average molecular weight is 316 g/mol. The molecular weight excluding hydrogens is 304 g/mol. The van der Waals surface area contributed by atoms with E-state index in [0.717, 1.165) is 5.01 Å². The third-order valence-electron chi connectivity index (χ3n) is 3.34. The van der Waals surface area contributed by atoms with E-state index in [4.69, 9.17) is 10.3 Å². The highest BCUT2D eigenvalue weighted by Gasteiger charge is 2.18. The highest BCUT2D eigenvalue weighted by atomic mass is 32.1. The van der Waals surface area contributed by atoms with Crippen molar-refractivity contribution in [2.75, 3.05) is 0 Å². The van der Waals surface area contributed by atoms with Crippen LogP contribution in [0.3, 0.4) is 0 Å². The minimum atomic E-state index is -0.299. The van der Waals surface area contributed by atoms with Gasteiger partial charge < -0.3 is 15.4 Å². The SMILES string of the molecule is Cc1nc(-c2coc3cc(C)c(N=O)c(O)c3/c2=N/N)cs1. The zero-order valence-corrected chi connectivity index (χ0v) is 12.6. The van der Waals surface area contributed by atoms with E-state index >= 15 is 0 Å². The highest BCUT2D eigenvalue weighted by molar-refractivity contribution is 7.09. The lowest BCUT2D eigenvalue weighted by atomic mass is 10.1. The number of aromatic hydroxyl groups is 1. The van der Waals surface area contributed by atoms with Crippen molar-refractivity contribution in [3.63, 3.8) is 0 Å². The third kappa shape index (κ3) is 2.04. The number of hydrogen-bond acceptors (Lipinski definition) is 8. The number of nitroso groups, excluding NO2 is 1. The van der Waals surface area contributed by atoms with Crippen LogP contribution in [-0.2, 0) is 0 Å². The van der Waals surface area contributed by atoms with Crippen molar-refractivity contribution >= 4 is 28.0 Å². The molecule has 0 fully saturated rings. The molecule has 8 heteroatoms. The molecule has 0 unspecified atom stereocenters. The molecule has 3 N–H and O–H groups in total. The standard InChI is InChI=1S/C14H12N4O3S/c1-6-3-10-11(14(19)12(6)18-20)13(17-15)8(4-21-10)9-5-22-7(2)16-9/h3-5,19H,15H2,1-2H3/b17-13+. The van der Waals surface area contributed by atoms with E-state index in [0.29, 0.717) is 27.8 Å². The second-order valence-corrected chi connectivity index (χ2v) is 5.80. The number of phenolic OH excluding ortho intramolecular Hbond substituents is 1. The fourth-order valence-corrected chi connectivity index (χ4v) is 2.92. The van der Waals surface area contributed by atoms with Gasteiger partial charge in [0.2, 0.25) is 0 Å². The Morgan fingerprint density at radius 2 is 2.18 bits per heavy atom. The summed E-state index contributed by atoms with van der Waals surface area (Å²) in [4.78, 5) is 15.3. The summed E-state index contributed by atoms with van der Waals surface area (Å²) >= 11 is 1.47. The number of aromatic nitrogens is 1. The number of nitrogens with zero attached hydrogens (tertiary/aromatic N) is 3. The minimum absolute atomic E-state index is 0.0563. The van der Waals surface area contributed by atoms with Crippen LogP contribution in [-0.4, -0.2) is 10.1 Å². The summed E-state index contributed by atoms with van der Waals surface area (Å²) in [6.45, 7) is 3.53. The van der Waals surface area contributed by atoms with Gasteiger partial charge in [-0.05, 0) is 30.7 Å². The summed E-state index contributed by atoms with van der Waals surface area (Å²) in [5.41, 5.74) is 1.98. The quantitative estimate of drug-likeness (QED) is 0.428. The predicted molar refractivity (Wildman–Crippen MR) is 83.7 cm³/mol. The summed E-state index contributed by atoms with van der Waals surface area (Å²) in [6, 6.07) is 1.61. The molecule has 0 atom stereocenters. The van der Waals surface area contributed by atoms with Crippen molar-refractivity contribution in [3.8, 4) is 17.0 Å². The normalized spacial score (nSPS) is 12.0. The molecule has 22 heavy (non-hydrogen) atoms. The van der Waals surface area contributed by atoms with Crippen molar-refractivity contribution in [2.24, 2.45) is 16.1 Å². The molecule has 7 nitrogen and oxygen atoms in total. The Morgan fingerprint density at radius 3 is 2.77 bits per heavy atom. The lowest BCUT2D eigenvalue weighted by molar-refractivity contribution is 0.480. The lowest BCUT2D eigenvalue weighted by Gasteiger charge is -2.07. The summed E-state index contributed by atoms with van der Waals surface area (Å²) in [5.74, 6) is 5.20. The van der Waals surface area contributed by atoms with Crippen molar-refractivity contribution in [2.45, 2.75) is 13.8 Å². The molecule has 2 aromatic heterocycles. The molecule has 0 aliphatic heterocycles. The number of hydrogen-bond donors (Lipinski definition) is 2. The van der Waals surface area contributed by atoms with E-state index in [1.54, 1.807) is 13.0 Å². The van der Waals surface area contributed by atoms with Crippen LogP contribution in [0.5, 0.6) is 5.75 Å². The summed E-state index contributed by atoms with van der Waals surface area (Å²) in [6.07, 6.45) is 1.48. The number of thiazole rings is 1. The van der Waals surface area contributed by atoms with Crippen molar-refractivity contribution < 1.29 is 9.52 Å². The van der Waals surface area contributed by atoms with Crippen LogP contribution in [0, 0.1) is 18.8 Å². The second kappa shape index (κ2) is 5.23. The van der Waals surface area contributed by atoms with Crippen molar-refractivity contribution in [1.29, 1.82) is 0 Å². The Kier molecular flexibility index (Phi) is 3.38. The molecule has 3 aromatic rings. The van der Waals surface area contributed by atoms with Crippen LogP contribution in [0.2, 0.25) is 0 Å². The number of benzene rings is 1. The molecule has 0 spiro atoms. The molecule has 0 saturated heterocycles. The van der Waals surface area contributed by atoms with Crippen LogP contribution in [0.15, 0.2) is 32.4 Å². The maximum Gasteiger partial charge on any atom is 0.158 e. The minimum Gasteiger partial charge on any atom is -0.505 e. The second-order valence-electron chi connectivity index (χ2n) is 4.73. The van der Waals surface area contributed by atoms with E-state index in [2.05, 4.69) is 15.3 Å². The number of nitrogens with two attached hydrogens (primary N) is 1. The Hall–Kier alpha value is -2.74. The van der Waals surface area contributed by atoms with Gasteiger partial charge in [0.1, 0.15) is 17.2 Å². The van der Waals surface area contributed by atoms with Gasteiger partial charge in [-0.15, -0.1) is 16.2 Å². The fourth-order valence-electron chi connectivity index (χ4n) is 2.31. The zero-order chi connectivity index (χ0) is 15.9. The molecule has 0 saturated carbocycles. The molecular formula is C14H12N4O3S. The van der Waals surface area contributed by atoms with Gasteiger partial charge in [0, 0.05) is 5.38 Å². The molecule has 2 heterocycles. The van der Waals surface area contributed by atoms with E-state index in [1.807, 2.05) is 12.3 Å². The van der Waals surface area contributed by atoms with Gasteiger partial charge in [-0.2, -0.15) is 5.10 Å². The van der Waals surface area contributed by atoms with Gasteiger partial charge in [-0.25, -0.2) is 4.98 Å². The Bertz CT molecular complexity index is 959. The molecule has 3 rings (SSSR count). The molecule has 1 aromatic carbocycles. The predicted octanol–water partition coefficient (Wildman–Crippen LogP) is 3.05. The first-order valence-electron chi connectivity index (χ1n) is 6.34. The Morgan fingerprint density at radius 1 is 1.41 bits per heavy atom. The molecule has 0 bridgehead atoms. The first-order valence-corrected chi connectivity index (χ1v) is 7.22. The summed E-state index contributed by atoms with van der Waals surface area (Å²) in [5, 5.41) is 20.2. The summed E-state index contributed by atoms with van der Waals surface area (Å²) < 4.78 is 5.56. The fraction of sp³-hybridized carbons (Fsp3) is 0.143. The number of phenols is 1. The largest absolute Gasteiger partial charge is 0.505 e. The molecule has 0 amide bonds. The first kappa shape index (κ1) is 14.2. The van der Waals surface area contributed by atoms with Crippen LogP contribution in [0.25, 0.3) is 22.2 Å². The number of fused-ring (bicyclic) bond motifs is 1. The van der Waals surface area contributed by atoms with E-state index in [-0.39, 0.29) is 16.8 Å². The van der Waals surface area contributed by atoms with Crippen molar-refractivity contribution in [1.82, 2.24) is 4.98 Å². The van der Waals surface area contributed by atoms with E-state index in [9.17, 15) is 10.0 Å². The lowest BCUT2D eigenvalue weighted by Crippen LogP contribution is -2.11. The number of rotatable bonds is 2. The van der Waals surface area contributed by atoms with E-state index < -0.39 is 0 Å². The van der Waals surface area contributed by atoms with Crippen LogP contribution in [0.1, 0.15) is 10.6 Å². The summed E-state index contributed by atoms with van der Waals surface area (Å²) in [7, 11) is 0. The Labute approximate surface area is 128 Å². The van der Waals surface area contributed by atoms with Gasteiger partial charge in [0.15, 0.2) is 11.4 Å². The first-order chi connectivity index (χ1) is 10.6. The molecule has 0 aliphatic carbocycles. The smallest absolute Gasteiger partial charge is 0.158 e. The van der Waals surface area contributed by atoms with Crippen LogP contribution >= 0.6 is 11.3 Å². The molecule has 112 valence electrons. The topological polar surface area (TPSA) is 114 Å². The molecule has 0 aliphatic rings. The third-order valence-corrected chi connectivity index (χ3v) is 4.11. The van der Waals surface area contributed by atoms with Gasteiger partial charge in [0.25, 0.3) is 0 Å². The van der Waals surface area contributed by atoms with Crippen LogP contribution < -0.4 is 11.2 Å². The maximum atomic E-state index is 10.9. The monoisotopic (exact) mass is 316 g/mol. The number of aryl methyl sites for hydroxylation is 2. The van der Waals surface area contributed by atoms with Gasteiger partial charge in [0.05, 0.1) is 21.7 Å². The van der Waals surface area contributed by atoms with Gasteiger partial charge in [-0.3, -0.25) is 0 Å². The van der Waals surface area contributed by atoms with Gasteiger partial charge >= 0.3 is 0 Å². The highest BCUT2D eigenvalue weighted by Crippen LogP contribution is 2.37. The van der Waals surface area contributed by atoms with Crippen LogP contribution in [0.4, 0.5) is 5.69 Å². The maximum absolute atomic E-state index is 10.9. The Balaban J connectivity index is 2.46. The van der Waals surface area contributed by atoms with Crippen molar-refractivity contribution in [3.05, 3.63) is 38.5 Å². The molecule has 0 radical (unpaired) electrons. The van der Waals surface area contributed by atoms with E-state index in [1.165, 1.54) is 17.6 Å². The van der Waals surface area contributed by atoms with Gasteiger partial charge in [-0.1, -0.05) is 0 Å². The zero-order valence-electron chi connectivity index (χ0n) is 11.8. The average Bonchev–Trinajstić information content (AvgIpc) is 2.92.